The summed E-state index contributed by atoms with van der Waals surface area (Å²) in [5.74, 6) is 2.21. The Morgan fingerprint density at radius 3 is 2.72 bits per heavy atom. The predicted octanol–water partition coefficient (Wildman–Crippen LogP) is 2.88. The van der Waals surface area contributed by atoms with Crippen LogP contribution in [0.5, 0.6) is 11.5 Å². The van der Waals surface area contributed by atoms with E-state index in [1.807, 2.05) is 19.1 Å². The van der Waals surface area contributed by atoms with E-state index in [0.29, 0.717) is 13.2 Å². The average Bonchev–Trinajstić information content (AvgIpc) is 2.76. The van der Waals surface area contributed by atoms with Crippen molar-refractivity contribution in [2.24, 2.45) is 10.9 Å². The summed E-state index contributed by atoms with van der Waals surface area (Å²) >= 11 is 0. The number of esters is 1. The highest BCUT2D eigenvalue weighted by Crippen LogP contribution is 2.28. The zero-order valence-corrected chi connectivity index (χ0v) is 18.2. The number of carbonyl (C=O) groups is 1. The maximum Gasteiger partial charge on any atom is 0.310 e. The number of methoxy groups -OCH3 is 2. The maximum absolute atomic E-state index is 12.1. The van der Waals surface area contributed by atoms with Crippen LogP contribution in [0.25, 0.3) is 0 Å². The monoisotopic (exact) mass is 405 g/mol. The Balaban J connectivity index is 1.92. The van der Waals surface area contributed by atoms with Gasteiger partial charge in [-0.2, -0.15) is 0 Å². The summed E-state index contributed by atoms with van der Waals surface area (Å²) in [6.45, 7) is 7.44. The van der Waals surface area contributed by atoms with Gasteiger partial charge in [0.05, 0.1) is 26.7 Å². The van der Waals surface area contributed by atoms with Crippen LogP contribution in [0.1, 0.15) is 38.7 Å². The smallest absolute Gasteiger partial charge is 0.310 e. The lowest BCUT2D eigenvalue weighted by Crippen LogP contribution is -2.48. The molecule has 162 valence electrons. The van der Waals surface area contributed by atoms with Crippen LogP contribution >= 0.6 is 0 Å². The van der Waals surface area contributed by atoms with Crippen LogP contribution in [0.3, 0.4) is 0 Å². The molecule has 1 N–H and O–H groups in total. The second-order valence-corrected chi connectivity index (χ2v) is 7.07. The van der Waals surface area contributed by atoms with E-state index < -0.39 is 0 Å². The Hall–Kier alpha value is -2.44. The van der Waals surface area contributed by atoms with Crippen molar-refractivity contribution in [3.05, 3.63) is 23.8 Å². The molecular weight excluding hydrogens is 370 g/mol. The van der Waals surface area contributed by atoms with Crippen molar-refractivity contribution in [3.63, 3.8) is 0 Å². The van der Waals surface area contributed by atoms with Gasteiger partial charge in [-0.25, -0.2) is 0 Å². The molecule has 29 heavy (non-hydrogen) atoms. The summed E-state index contributed by atoms with van der Waals surface area (Å²) in [4.78, 5) is 19.1. The lowest BCUT2D eigenvalue weighted by atomic mass is 9.98. The largest absolute Gasteiger partial charge is 0.493 e. The Bertz CT molecular complexity index is 678. The van der Waals surface area contributed by atoms with Crippen LogP contribution in [0.15, 0.2) is 23.2 Å². The summed E-state index contributed by atoms with van der Waals surface area (Å²) in [7, 11) is 3.29. The van der Waals surface area contributed by atoms with Gasteiger partial charge >= 0.3 is 5.97 Å². The van der Waals surface area contributed by atoms with E-state index in [0.717, 1.165) is 62.8 Å². The van der Waals surface area contributed by atoms with Gasteiger partial charge in [0.1, 0.15) is 0 Å². The van der Waals surface area contributed by atoms with E-state index in [-0.39, 0.29) is 11.9 Å². The van der Waals surface area contributed by atoms with Crippen molar-refractivity contribution in [2.45, 2.75) is 39.5 Å². The molecule has 1 aliphatic rings. The number of benzene rings is 1. The molecule has 0 bridgehead atoms. The molecule has 1 atom stereocenters. The molecule has 1 saturated heterocycles. The van der Waals surface area contributed by atoms with E-state index >= 15 is 0 Å². The summed E-state index contributed by atoms with van der Waals surface area (Å²) in [6.07, 6.45) is 3.70. The molecule has 1 aromatic carbocycles. The molecule has 1 aliphatic heterocycles. The van der Waals surface area contributed by atoms with Gasteiger partial charge < -0.3 is 24.4 Å². The van der Waals surface area contributed by atoms with Gasteiger partial charge in [-0.05, 0) is 57.2 Å². The highest BCUT2D eigenvalue weighted by molar-refractivity contribution is 5.81. The molecule has 0 aliphatic carbocycles. The third kappa shape index (κ3) is 6.84. The first-order valence-corrected chi connectivity index (χ1v) is 10.5. The van der Waals surface area contributed by atoms with Crippen LogP contribution in [0.2, 0.25) is 0 Å². The minimum atomic E-state index is -0.0958. The molecule has 0 radical (unpaired) electrons. The van der Waals surface area contributed by atoms with Gasteiger partial charge in [-0.3, -0.25) is 9.79 Å². The summed E-state index contributed by atoms with van der Waals surface area (Å²) < 4.78 is 15.9. The Morgan fingerprint density at radius 1 is 1.24 bits per heavy atom. The van der Waals surface area contributed by atoms with Gasteiger partial charge in [0.2, 0.25) is 0 Å². The SMILES string of the molecule is CCNC(=NCCCc1ccc(OC)c(OC)c1)N1CCCC(C(=O)OCC)C1. The van der Waals surface area contributed by atoms with Crippen LogP contribution in [0, 0.1) is 5.92 Å². The number of rotatable bonds is 9. The zero-order chi connectivity index (χ0) is 21.1. The van der Waals surface area contributed by atoms with Crippen LogP contribution in [0.4, 0.5) is 0 Å². The summed E-state index contributed by atoms with van der Waals surface area (Å²) in [6, 6.07) is 6.01. The summed E-state index contributed by atoms with van der Waals surface area (Å²) in [5, 5.41) is 3.36. The number of aliphatic imine (C=N–C) groups is 1. The minimum Gasteiger partial charge on any atom is -0.493 e. The molecule has 0 amide bonds. The van der Waals surface area contributed by atoms with Gasteiger partial charge in [-0.15, -0.1) is 0 Å². The lowest BCUT2D eigenvalue weighted by Gasteiger charge is -2.34. The molecule has 2 rings (SSSR count). The molecule has 0 aromatic heterocycles. The molecule has 0 spiro atoms. The number of nitrogens with one attached hydrogen (secondary N) is 1. The minimum absolute atomic E-state index is 0.0701. The fourth-order valence-corrected chi connectivity index (χ4v) is 3.55. The van der Waals surface area contributed by atoms with Crippen LogP contribution in [-0.2, 0) is 16.0 Å². The second-order valence-electron chi connectivity index (χ2n) is 7.07. The highest BCUT2D eigenvalue weighted by atomic mass is 16.5. The van der Waals surface area contributed by atoms with E-state index in [2.05, 4.69) is 23.2 Å². The number of likely N-dealkylation sites (tertiary alicyclic amines) is 1. The van der Waals surface area contributed by atoms with Crippen molar-refractivity contribution >= 4 is 11.9 Å². The number of nitrogens with zero attached hydrogens (tertiary/aromatic N) is 2. The first-order valence-electron chi connectivity index (χ1n) is 10.5. The number of piperidine rings is 1. The van der Waals surface area contributed by atoms with Crippen LogP contribution < -0.4 is 14.8 Å². The zero-order valence-electron chi connectivity index (χ0n) is 18.2. The van der Waals surface area contributed by atoms with Gasteiger partial charge in [0, 0.05) is 26.2 Å². The average molecular weight is 406 g/mol. The fourth-order valence-electron chi connectivity index (χ4n) is 3.55. The first-order chi connectivity index (χ1) is 14.1. The van der Waals surface area contributed by atoms with Gasteiger partial charge in [-0.1, -0.05) is 6.07 Å². The molecule has 0 saturated carbocycles. The number of guanidine groups is 1. The Labute approximate surface area is 174 Å². The molecule has 1 heterocycles. The quantitative estimate of drug-likeness (QED) is 0.295. The third-order valence-electron chi connectivity index (χ3n) is 5.01. The molecule has 7 nitrogen and oxygen atoms in total. The molecule has 7 heteroatoms. The normalized spacial score (nSPS) is 17.0. The molecule has 1 fully saturated rings. The third-order valence-corrected chi connectivity index (χ3v) is 5.01. The van der Waals surface area contributed by atoms with Gasteiger partial charge in [0.15, 0.2) is 17.5 Å². The van der Waals surface area contributed by atoms with Crippen molar-refractivity contribution in [1.29, 1.82) is 0 Å². The predicted molar refractivity (Wildman–Crippen MR) is 115 cm³/mol. The standard InChI is InChI=1S/C22H35N3O4/c1-5-23-22(25-14-8-10-18(16-25)21(26)29-6-2)24-13-7-9-17-11-12-19(27-3)20(15-17)28-4/h11-12,15,18H,5-10,13-14,16H2,1-4H3,(H,23,24). The van der Waals surface area contributed by atoms with E-state index in [1.54, 1.807) is 14.2 Å². The second kappa shape index (κ2) is 12.2. The van der Waals surface area contributed by atoms with Crippen molar-refractivity contribution < 1.29 is 19.0 Å². The lowest BCUT2D eigenvalue weighted by molar-refractivity contribution is -0.149. The van der Waals surface area contributed by atoms with Gasteiger partial charge in [0.25, 0.3) is 0 Å². The van der Waals surface area contributed by atoms with E-state index in [4.69, 9.17) is 19.2 Å². The molecule has 1 unspecified atom stereocenters. The van der Waals surface area contributed by atoms with Crippen molar-refractivity contribution in [3.8, 4) is 11.5 Å². The number of carbonyl (C=O) groups excluding carboxylic acids is 1. The number of ether oxygens (including phenoxy) is 3. The molecular formula is C22H35N3O4. The highest BCUT2D eigenvalue weighted by Gasteiger charge is 2.28. The maximum atomic E-state index is 12.1. The number of hydrogen-bond acceptors (Lipinski definition) is 5. The summed E-state index contributed by atoms with van der Waals surface area (Å²) in [5.41, 5.74) is 1.20. The number of aryl methyl sites for hydroxylation is 1. The van der Waals surface area contributed by atoms with E-state index in [9.17, 15) is 4.79 Å². The van der Waals surface area contributed by atoms with Crippen molar-refractivity contribution in [1.82, 2.24) is 10.2 Å². The topological polar surface area (TPSA) is 72.4 Å². The number of hydrogen-bond donors (Lipinski definition) is 1. The van der Waals surface area contributed by atoms with Crippen LogP contribution in [-0.4, -0.2) is 63.8 Å². The van der Waals surface area contributed by atoms with E-state index in [1.165, 1.54) is 5.56 Å². The first kappa shape index (κ1) is 22.8. The molecule has 1 aromatic rings. The Kier molecular flexibility index (Phi) is 9.60. The Morgan fingerprint density at radius 2 is 2.03 bits per heavy atom. The fraction of sp³-hybridized carbons (Fsp3) is 0.636. The van der Waals surface area contributed by atoms with Crippen molar-refractivity contribution in [2.75, 3.05) is 47.0 Å².